The van der Waals surface area contributed by atoms with Gasteiger partial charge in [-0.3, -0.25) is 0 Å². The Bertz CT molecular complexity index is 3860. The predicted octanol–water partition coefficient (Wildman–Crippen LogP) is 39.4. The highest BCUT2D eigenvalue weighted by Crippen LogP contribution is 2.37. The van der Waals surface area contributed by atoms with Crippen LogP contribution < -0.4 is 0 Å². The molecule has 0 aliphatic carbocycles. The van der Waals surface area contributed by atoms with Gasteiger partial charge in [0.2, 0.25) is 0 Å². The highest BCUT2D eigenvalue weighted by molar-refractivity contribution is 7.13. The van der Waals surface area contributed by atoms with Crippen LogP contribution in [0.3, 0.4) is 0 Å². The average molecular weight is 1870 g/mol. The maximum Gasteiger partial charge on any atom is 0.197 e. The lowest BCUT2D eigenvalue weighted by atomic mass is 9.89. The molecule has 0 atom stereocenters. The Labute approximate surface area is 798 Å². The topological polar surface area (TPSA) is 130 Å². The Morgan fingerprint density at radius 1 is 0.312 bits per heavy atom. The van der Waals surface area contributed by atoms with E-state index in [1.54, 1.807) is 32.6 Å². The third kappa shape index (κ3) is 43.2. The molecule has 18 heteroatoms. The fourth-order valence-electron chi connectivity index (χ4n) is 11.3. The number of aryl methyl sites for hydroxylation is 2. The largest absolute Gasteiger partial charge is 0.466 e. The van der Waals surface area contributed by atoms with Crippen LogP contribution in [0.25, 0.3) is 0 Å². The number of furan rings is 1. The quantitative estimate of drug-likeness (QED) is 0.0685. The minimum Gasteiger partial charge on any atom is -0.466 e. The molecule has 0 bridgehead atoms. The highest BCUT2D eigenvalue weighted by atomic mass is 32.1. The maximum absolute atomic E-state index is 5.63. The predicted molar refractivity (Wildman–Crippen MR) is 564 cm³/mol. The summed E-state index contributed by atoms with van der Waals surface area (Å²) in [4.78, 5) is 29.6. The zero-order valence-electron chi connectivity index (χ0n) is 87.7. The van der Waals surface area contributed by atoms with Gasteiger partial charge in [0.05, 0.1) is 32.8 Å². The van der Waals surface area contributed by atoms with Crippen molar-refractivity contribution in [2.45, 2.75) is 462 Å². The van der Waals surface area contributed by atoms with Crippen LogP contribution in [-0.2, 0) is 5.41 Å². The summed E-state index contributed by atoms with van der Waals surface area (Å²) in [5.41, 5.74) is 10.9. The second-order valence-electron chi connectivity index (χ2n) is 40.6. The lowest BCUT2D eigenvalue weighted by Gasteiger charge is -2.15. The number of thiazole rings is 2. The van der Waals surface area contributed by atoms with Crippen molar-refractivity contribution in [1.82, 2.24) is 33.8 Å². The third-order valence-electron chi connectivity index (χ3n) is 19.9. The summed E-state index contributed by atoms with van der Waals surface area (Å²) < 4.78 is 25.0. The number of nitrogens with zero attached hydrogens (tertiary/aromatic N) is 7. The molecule has 11 aromatic rings. The fourth-order valence-corrected chi connectivity index (χ4v) is 19.5. The number of oxazole rings is 1. The Morgan fingerprint density at radius 2 is 0.800 bits per heavy atom. The van der Waals surface area contributed by atoms with Gasteiger partial charge in [0.15, 0.2) is 5.89 Å². The minimum absolute atomic E-state index is 0.309. The van der Waals surface area contributed by atoms with E-state index in [2.05, 4.69) is 418 Å². The molecule has 125 heavy (non-hydrogen) atoms. The van der Waals surface area contributed by atoms with E-state index in [1.165, 1.54) is 84.5 Å². The van der Waals surface area contributed by atoms with Gasteiger partial charge in [-0.15, -0.1) is 68.0 Å². The molecule has 0 radical (unpaired) electrons. The summed E-state index contributed by atoms with van der Waals surface area (Å²) in [6.07, 6.45) is 2.00. The minimum atomic E-state index is 0.309. The van der Waals surface area contributed by atoms with E-state index in [9.17, 15) is 0 Å². The summed E-state index contributed by atoms with van der Waals surface area (Å²) >= 11 is 14.5. The van der Waals surface area contributed by atoms with Gasteiger partial charge in [-0.2, -0.15) is 8.75 Å². The molecule has 0 spiro atoms. The van der Waals surface area contributed by atoms with Crippen LogP contribution in [0.15, 0.2) is 84.2 Å². The molecule has 0 saturated carbocycles. The van der Waals surface area contributed by atoms with Gasteiger partial charge in [0.25, 0.3) is 0 Å². The molecule has 0 amide bonds. The molecule has 11 rings (SSSR count). The Kier molecular flexibility index (Phi) is 54.7. The second kappa shape index (κ2) is 58.0. The lowest BCUT2D eigenvalue weighted by Crippen LogP contribution is -2.09. The summed E-state index contributed by atoms with van der Waals surface area (Å²) in [5.74, 6) is 18.0. The van der Waals surface area contributed by atoms with E-state index in [0.29, 0.717) is 130 Å². The van der Waals surface area contributed by atoms with Crippen molar-refractivity contribution in [3.8, 4) is 0 Å². The number of thiophene rings is 4. The van der Waals surface area contributed by atoms with Gasteiger partial charge in [0.1, 0.15) is 33.9 Å². The van der Waals surface area contributed by atoms with E-state index in [0.717, 1.165) is 51.2 Å². The molecule has 0 unspecified atom stereocenters. The van der Waals surface area contributed by atoms with Gasteiger partial charge < -0.3 is 13.4 Å². The van der Waals surface area contributed by atoms with E-state index in [4.69, 9.17) is 13.4 Å². The van der Waals surface area contributed by atoms with Gasteiger partial charge >= 0.3 is 0 Å². The van der Waals surface area contributed by atoms with E-state index < -0.39 is 0 Å². The molecule has 0 aliphatic rings. The van der Waals surface area contributed by atoms with Crippen LogP contribution in [0.1, 0.15) is 570 Å². The van der Waals surface area contributed by atoms with Crippen LogP contribution >= 0.6 is 91.1 Å². The van der Waals surface area contributed by atoms with E-state index >= 15 is 0 Å². The highest BCUT2D eigenvalue weighted by Gasteiger charge is 2.20. The number of hydrogen-bond donors (Lipinski definition) is 0. The molecule has 706 valence electrons. The third-order valence-corrected chi connectivity index (χ3v) is 31.0. The maximum atomic E-state index is 5.63. The molecule has 11 aromatic heterocycles. The first-order valence-electron chi connectivity index (χ1n) is 46.9. The van der Waals surface area contributed by atoms with Gasteiger partial charge in [0, 0.05) is 110 Å². The Balaban J connectivity index is 0.000000688. The molecular weight excluding hydrogens is 1690 g/mol. The van der Waals surface area contributed by atoms with Crippen molar-refractivity contribution in [3.63, 3.8) is 0 Å². The lowest BCUT2D eigenvalue weighted by molar-refractivity contribution is 0.363. The van der Waals surface area contributed by atoms with Crippen molar-refractivity contribution in [1.29, 1.82) is 0 Å². The summed E-state index contributed by atoms with van der Waals surface area (Å²) in [6, 6.07) is 17.6. The summed E-state index contributed by atoms with van der Waals surface area (Å²) in [7, 11) is 0. The SMILES string of the molecule is CC(C)c1cc(C(C)(C)C)cs1.CC(C)c1cc(C(C)C)on1.CC(C)c1cc(C(C)C)sn1.CC(C)c1ccc(C(C)C)o1.CC(C)c1ccc(C(C)C)s1.CC(C)c1cnc(C(C)C)s1.CC(C)c1csc(C(C)C)n1.CC(C)c1nsc(C(C)C)n1.Cc1c(C(C)C)csc1C(C)C.Cc1cc(C(C)C)sc1C(C)C.Cc1nc(C(C)C)oc1C(C)C. The summed E-state index contributed by atoms with van der Waals surface area (Å²) in [6.45, 7) is 105. The number of aromatic nitrogens is 7. The molecular formula is C107H177N7O3S8. The Hall–Kier alpha value is -5.05. The number of rotatable bonds is 21. The molecule has 0 aliphatic heterocycles. The fraction of sp³-hybridized carbons (Fsp3) is 0.654. The van der Waals surface area contributed by atoms with Gasteiger partial charge in [-0.05, 0) is 196 Å². The first-order chi connectivity index (χ1) is 57.7. The first kappa shape index (κ1) is 118. The van der Waals surface area contributed by atoms with Crippen LogP contribution in [0.4, 0.5) is 0 Å². The van der Waals surface area contributed by atoms with Crippen LogP contribution in [-0.4, -0.2) is 33.8 Å². The average Bonchev–Trinajstić information content (AvgIpc) is 1.72. The standard InChI is InChI=1S/3C11H18S.C10H17NO.C10H16O.C10H16S.C9H15NO.3C9H15NS.C8H14N2S/c1-8(2)10-6-9(7-12-10)11(3,4)5;1-7(2)10-6-12-11(8(3)4)9(10)5;1-7(2)10-6-9(5)11(12-10)8(3)4;1-6(2)9-8(5)11-10(12-9)7(3)4;2*1-7(2)9-5-6-10(11-9)8(3)4;1-6(2)8-5-9(7(3)4)11-10-8;1-6(2)8-5-11-9(10-8)7(3)4;1-6(2)8-5-10-9(11-8)7(3)4;1-6(2)8-5-9(7(3)4)11-10-8;1-5(2)7-9-8(6(3)4)11-10-7/h3*6-8H,1-5H3;6-7H,1-5H3;2*5-8H,1-4H3;4*5-7H,1-4H3;5-6H,1-4H3. The molecule has 0 fully saturated rings. The normalized spacial score (nSPS) is 11.6. The van der Waals surface area contributed by atoms with Crippen molar-refractivity contribution < 1.29 is 13.4 Å². The number of hydrogen-bond acceptors (Lipinski definition) is 18. The molecule has 0 N–H and O–H groups in total. The monoisotopic (exact) mass is 1860 g/mol. The van der Waals surface area contributed by atoms with Crippen LogP contribution in [0.2, 0.25) is 0 Å². The molecule has 11 heterocycles. The van der Waals surface area contributed by atoms with Gasteiger partial charge in [-0.1, -0.05) is 317 Å². The molecule has 0 aromatic carbocycles. The van der Waals surface area contributed by atoms with Crippen molar-refractivity contribution >= 4 is 91.1 Å². The van der Waals surface area contributed by atoms with Crippen molar-refractivity contribution in [2.24, 2.45) is 0 Å². The van der Waals surface area contributed by atoms with Crippen LogP contribution in [0.5, 0.6) is 0 Å². The summed E-state index contributed by atoms with van der Waals surface area (Å²) in [5, 5.41) is 14.4. The van der Waals surface area contributed by atoms with Gasteiger partial charge in [-0.25, -0.2) is 19.9 Å². The van der Waals surface area contributed by atoms with Crippen molar-refractivity contribution in [3.05, 3.63) is 205 Å². The van der Waals surface area contributed by atoms with Crippen molar-refractivity contribution in [2.75, 3.05) is 0 Å². The van der Waals surface area contributed by atoms with E-state index in [1.807, 2.05) is 75.9 Å². The Morgan fingerprint density at radius 3 is 1.05 bits per heavy atom. The van der Waals surface area contributed by atoms with E-state index in [-0.39, 0.29) is 0 Å². The first-order valence-corrected chi connectivity index (χ1v) is 53.5. The zero-order chi connectivity index (χ0) is 96.3. The molecule has 0 saturated heterocycles. The molecule has 10 nitrogen and oxygen atoms in total. The van der Waals surface area contributed by atoms with Crippen LogP contribution in [0, 0.1) is 20.8 Å². The zero-order valence-corrected chi connectivity index (χ0v) is 94.2. The second-order valence-corrected chi connectivity index (χ2v) is 48.3. The smallest absolute Gasteiger partial charge is 0.197 e.